The standard InChI is InChI=1S/C17H27NO4/c1-15-4-11-5-16(2,8-15)10-17(6-11,9-15)14(21)18-7-12(22-3)13(19)20/h11-12H,4-10H2,1-3H3,(H,18,21)(H,19,20). The minimum atomic E-state index is -1.03. The Hall–Kier alpha value is -1.10. The highest BCUT2D eigenvalue weighted by molar-refractivity contribution is 5.84. The molecule has 2 N–H and O–H groups in total. The third kappa shape index (κ3) is 2.53. The highest BCUT2D eigenvalue weighted by Gasteiger charge is 2.62. The summed E-state index contributed by atoms with van der Waals surface area (Å²) in [4.78, 5) is 23.9. The number of aliphatic carboxylic acids is 1. The summed E-state index contributed by atoms with van der Waals surface area (Å²) in [7, 11) is 1.36. The molecule has 3 unspecified atom stereocenters. The van der Waals surface area contributed by atoms with Crippen LogP contribution in [0.25, 0.3) is 0 Å². The van der Waals surface area contributed by atoms with Gasteiger partial charge in [0.15, 0.2) is 6.10 Å². The maximum Gasteiger partial charge on any atom is 0.334 e. The van der Waals surface area contributed by atoms with E-state index < -0.39 is 12.1 Å². The first-order valence-corrected chi connectivity index (χ1v) is 8.23. The van der Waals surface area contributed by atoms with Gasteiger partial charge in [-0.3, -0.25) is 4.79 Å². The number of hydrogen-bond acceptors (Lipinski definition) is 3. The molecular weight excluding hydrogens is 282 g/mol. The lowest BCUT2D eigenvalue weighted by molar-refractivity contribution is -0.170. The van der Waals surface area contributed by atoms with Gasteiger partial charge in [0.05, 0.1) is 12.0 Å². The van der Waals surface area contributed by atoms with Crippen molar-refractivity contribution >= 4 is 11.9 Å². The number of carbonyl (C=O) groups excluding carboxylic acids is 1. The molecule has 124 valence electrons. The topological polar surface area (TPSA) is 75.6 Å². The summed E-state index contributed by atoms with van der Waals surface area (Å²) in [6, 6.07) is 0. The fourth-order valence-electron chi connectivity index (χ4n) is 6.35. The van der Waals surface area contributed by atoms with Crippen molar-refractivity contribution in [2.45, 2.75) is 58.5 Å². The first-order chi connectivity index (χ1) is 10.2. The number of carbonyl (C=O) groups is 2. The summed E-state index contributed by atoms with van der Waals surface area (Å²) in [5, 5.41) is 11.9. The maximum atomic E-state index is 12.9. The Balaban J connectivity index is 1.73. The van der Waals surface area contributed by atoms with Crippen LogP contribution in [0, 0.1) is 22.2 Å². The molecular formula is C17H27NO4. The number of rotatable bonds is 5. The smallest absolute Gasteiger partial charge is 0.334 e. The summed E-state index contributed by atoms with van der Waals surface area (Å²) in [6.07, 6.45) is 5.60. The summed E-state index contributed by atoms with van der Waals surface area (Å²) >= 11 is 0. The molecule has 0 radical (unpaired) electrons. The molecule has 5 nitrogen and oxygen atoms in total. The summed E-state index contributed by atoms with van der Waals surface area (Å²) < 4.78 is 4.91. The lowest BCUT2D eigenvalue weighted by atomic mass is 9.40. The van der Waals surface area contributed by atoms with Crippen LogP contribution in [0.2, 0.25) is 0 Å². The van der Waals surface area contributed by atoms with Crippen LogP contribution in [0.4, 0.5) is 0 Å². The van der Waals surface area contributed by atoms with Crippen LogP contribution in [0.1, 0.15) is 52.4 Å². The van der Waals surface area contributed by atoms with Crippen LogP contribution < -0.4 is 5.32 Å². The Labute approximate surface area is 131 Å². The lowest BCUT2D eigenvalue weighted by Crippen LogP contribution is -2.60. The second-order valence-electron chi connectivity index (χ2n) is 8.68. The molecule has 4 rings (SSSR count). The van der Waals surface area contributed by atoms with Crippen molar-refractivity contribution < 1.29 is 19.4 Å². The van der Waals surface area contributed by atoms with Gasteiger partial charge in [-0.1, -0.05) is 13.8 Å². The van der Waals surface area contributed by atoms with E-state index in [2.05, 4.69) is 19.2 Å². The van der Waals surface area contributed by atoms with Crippen molar-refractivity contribution in [2.24, 2.45) is 22.2 Å². The normalized spacial score (nSPS) is 43.9. The van der Waals surface area contributed by atoms with E-state index in [1.807, 2.05) is 0 Å². The van der Waals surface area contributed by atoms with Gasteiger partial charge in [-0.05, 0) is 55.3 Å². The summed E-state index contributed by atoms with van der Waals surface area (Å²) in [5.41, 5.74) is 0.262. The molecule has 0 aromatic rings. The minimum Gasteiger partial charge on any atom is -0.479 e. The van der Waals surface area contributed by atoms with Crippen molar-refractivity contribution in [3.63, 3.8) is 0 Å². The third-order valence-corrected chi connectivity index (χ3v) is 6.12. The number of amides is 1. The zero-order valence-corrected chi connectivity index (χ0v) is 13.8. The molecule has 3 atom stereocenters. The van der Waals surface area contributed by atoms with Crippen LogP contribution in [0.3, 0.4) is 0 Å². The molecule has 1 amide bonds. The van der Waals surface area contributed by atoms with Crippen molar-refractivity contribution in [3.05, 3.63) is 0 Å². The second-order valence-corrected chi connectivity index (χ2v) is 8.68. The molecule has 0 heterocycles. The minimum absolute atomic E-state index is 0.0392. The highest BCUT2D eigenvalue weighted by atomic mass is 16.5. The predicted octanol–water partition coefficient (Wildman–Crippen LogP) is 2.20. The molecule has 4 saturated carbocycles. The molecule has 0 aromatic carbocycles. The fraction of sp³-hybridized carbons (Fsp3) is 0.882. The lowest BCUT2D eigenvalue weighted by Gasteiger charge is -2.64. The SMILES string of the molecule is COC(CNC(=O)C12CC3CC(C)(CC(C)(C3)C1)C2)C(=O)O. The molecule has 5 heteroatoms. The van der Waals surface area contributed by atoms with Gasteiger partial charge in [0.2, 0.25) is 5.91 Å². The predicted molar refractivity (Wildman–Crippen MR) is 81.3 cm³/mol. The van der Waals surface area contributed by atoms with Gasteiger partial charge in [-0.25, -0.2) is 4.79 Å². The third-order valence-electron chi connectivity index (χ3n) is 6.12. The first kappa shape index (κ1) is 15.8. The Kier molecular flexibility index (Phi) is 3.55. The van der Waals surface area contributed by atoms with E-state index in [0.29, 0.717) is 5.92 Å². The molecule has 0 saturated heterocycles. The molecule has 0 aliphatic heterocycles. The monoisotopic (exact) mass is 309 g/mol. The van der Waals surface area contributed by atoms with E-state index in [-0.39, 0.29) is 28.7 Å². The van der Waals surface area contributed by atoms with Crippen LogP contribution >= 0.6 is 0 Å². The average molecular weight is 309 g/mol. The maximum absolute atomic E-state index is 12.9. The van der Waals surface area contributed by atoms with E-state index in [4.69, 9.17) is 9.84 Å². The molecule has 4 aliphatic carbocycles. The van der Waals surface area contributed by atoms with Crippen LogP contribution in [-0.4, -0.2) is 36.7 Å². The molecule has 22 heavy (non-hydrogen) atoms. The van der Waals surface area contributed by atoms with Gasteiger partial charge >= 0.3 is 5.97 Å². The Morgan fingerprint density at radius 1 is 1.18 bits per heavy atom. The summed E-state index contributed by atoms with van der Waals surface area (Å²) in [5.74, 6) is -0.348. The first-order valence-electron chi connectivity index (χ1n) is 8.23. The van der Waals surface area contributed by atoms with Crippen molar-refractivity contribution in [1.82, 2.24) is 5.32 Å². The zero-order valence-electron chi connectivity index (χ0n) is 13.8. The number of nitrogens with one attached hydrogen (secondary N) is 1. The Bertz CT molecular complexity index is 485. The molecule has 4 bridgehead atoms. The van der Waals surface area contributed by atoms with Crippen molar-refractivity contribution in [3.8, 4) is 0 Å². The van der Waals surface area contributed by atoms with E-state index >= 15 is 0 Å². The van der Waals surface area contributed by atoms with Crippen LogP contribution in [0.5, 0.6) is 0 Å². The van der Waals surface area contributed by atoms with Gasteiger partial charge in [0, 0.05) is 7.11 Å². The zero-order chi connectivity index (χ0) is 16.2. The molecule has 0 spiro atoms. The van der Waals surface area contributed by atoms with E-state index in [9.17, 15) is 9.59 Å². The van der Waals surface area contributed by atoms with Gasteiger partial charge in [-0.2, -0.15) is 0 Å². The molecule has 0 aromatic heterocycles. The number of hydrogen-bond donors (Lipinski definition) is 2. The van der Waals surface area contributed by atoms with Gasteiger partial charge < -0.3 is 15.2 Å². The van der Waals surface area contributed by atoms with Crippen LogP contribution in [-0.2, 0) is 14.3 Å². The van der Waals surface area contributed by atoms with E-state index in [1.165, 1.54) is 26.4 Å². The van der Waals surface area contributed by atoms with Gasteiger partial charge in [0.1, 0.15) is 0 Å². The largest absolute Gasteiger partial charge is 0.479 e. The highest BCUT2D eigenvalue weighted by Crippen LogP contribution is 2.69. The number of carboxylic acids is 1. The van der Waals surface area contributed by atoms with Gasteiger partial charge in [0.25, 0.3) is 0 Å². The van der Waals surface area contributed by atoms with Gasteiger partial charge in [-0.15, -0.1) is 0 Å². The van der Waals surface area contributed by atoms with E-state index in [0.717, 1.165) is 19.3 Å². The average Bonchev–Trinajstić information content (AvgIpc) is 2.34. The molecule has 4 fully saturated rings. The number of ether oxygens (including phenoxy) is 1. The number of methoxy groups -OCH3 is 1. The fourth-order valence-corrected chi connectivity index (χ4v) is 6.35. The van der Waals surface area contributed by atoms with E-state index in [1.54, 1.807) is 0 Å². The molecule has 4 aliphatic rings. The quantitative estimate of drug-likeness (QED) is 0.816. The summed E-state index contributed by atoms with van der Waals surface area (Å²) in [6.45, 7) is 4.70. The Morgan fingerprint density at radius 2 is 1.77 bits per heavy atom. The van der Waals surface area contributed by atoms with Crippen LogP contribution in [0.15, 0.2) is 0 Å². The Morgan fingerprint density at radius 3 is 2.23 bits per heavy atom. The van der Waals surface area contributed by atoms with Crippen molar-refractivity contribution in [2.75, 3.05) is 13.7 Å². The second kappa shape index (κ2) is 4.95. The number of carboxylic acid groups (broad SMARTS) is 1. The van der Waals surface area contributed by atoms with Crippen molar-refractivity contribution in [1.29, 1.82) is 0 Å².